The van der Waals surface area contributed by atoms with Gasteiger partial charge in [0.05, 0.1) is 4.90 Å². The Morgan fingerprint density at radius 2 is 1.33 bits per heavy atom. The molecule has 234 valence electrons. The van der Waals surface area contributed by atoms with Crippen molar-refractivity contribution in [3.05, 3.63) is 137 Å². The zero-order valence-electron chi connectivity index (χ0n) is 25.8. The van der Waals surface area contributed by atoms with E-state index in [0.29, 0.717) is 39.0 Å². The molecule has 1 aliphatic heterocycles. The van der Waals surface area contributed by atoms with Crippen molar-refractivity contribution in [2.75, 3.05) is 13.1 Å². The molecule has 4 aromatic rings. The van der Waals surface area contributed by atoms with Crippen molar-refractivity contribution in [3.8, 4) is 0 Å². The first-order valence-corrected chi connectivity index (χ1v) is 17.0. The molecule has 1 N–H and O–H groups in total. The number of carbonyl (C=O) groups is 2. The number of amides is 2. The van der Waals surface area contributed by atoms with E-state index in [2.05, 4.69) is 5.32 Å². The van der Waals surface area contributed by atoms with E-state index in [-0.39, 0.29) is 23.1 Å². The molecule has 1 fully saturated rings. The minimum Gasteiger partial charge on any atom is -0.350 e. The van der Waals surface area contributed by atoms with Crippen molar-refractivity contribution in [1.29, 1.82) is 0 Å². The van der Waals surface area contributed by atoms with Crippen LogP contribution < -0.4 is 5.32 Å². The molecular formula is C37H41N3O4S. The van der Waals surface area contributed by atoms with E-state index in [4.69, 9.17) is 0 Å². The number of sulfonamides is 1. The molecule has 2 amide bonds. The lowest BCUT2D eigenvalue weighted by Gasteiger charge is -2.32. The molecule has 0 aromatic heterocycles. The van der Waals surface area contributed by atoms with Crippen LogP contribution in [0.5, 0.6) is 0 Å². The second-order valence-electron chi connectivity index (χ2n) is 11.7. The summed E-state index contributed by atoms with van der Waals surface area (Å²) in [4.78, 5) is 29.9. The van der Waals surface area contributed by atoms with Crippen LogP contribution in [0.25, 0.3) is 0 Å². The van der Waals surface area contributed by atoms with Crippen LogP contribution in [0, 0.1) is 6.92 Å². The van der Waals surface area contributed by atoms with Crippen LogP contribution in [-0.4, -0.2) is 48.6 Å². The van der Waals surface area contributed by atoms with Gasteiger partial charge < -0.3 is 10.2 Å². The molecule has 1 atom stereocenters. The largest absolute Gasteiger partial charge is 0.350 e. The van der Waals surface area contributed by atoms with Crippen LogP contribution in [0.2, 0.25) is 0 Å². The zero-order chi connectivity index (χ0) is 31.6. The summed E-state index contributed by atoms with van der Waals surface area (Å²) in [6, 6.07) is 33.6. The lowest BCUT2D eigenvalue weighted by molar-refractivity contribution is -0.141. The van der Waals surface area contributed by atoms with E-state index < -0.39 is 16.1 Å². The monoisotopic (exact) mass is 623 g/mol. The van der Waals surface area contributed by atoms with Crippen LogP contribution >= 0.6 is 0 Å². The molecule has 0 unspecified atom stereocenters. The van der Waals surface area contributed by atoms with Crippen molar-refractivity contribution >= 4 is 21.8 Å². The van der Waals surface area contributed by atoms with Crippen molar-refractivity contribution < 1.29 is 18.0 Å². The van der Waals surface area contributed by atoms with E-state index in [1.54, 1.807) is 29.2 Å². The first kappa shape index (κ1) is 32.1. The molecule has 8 heteroatoms. The lowest BCUT2D eigenvalue weighted by Crippen LogP contribution is -2.50. The SMILES string of the molecule is Cc1ccc(CNC(=O)[C@@H](Cc2ccccc2)N(Cc2ccccc2)C(=O)CCc2ccc(S(=O)(=O)N3CCCC3)cc2)cc1. The number of nitrogens with zero attached hydrogens (tertiary/aromatic N) is 2. The molecular weight excluding hydrogens is 582 g/mol. The average molecular weight is 624 g/mol. The van der Waals surface area contributed by atoms with E-state index in [1.165, 1.54) is 4.31 Å². The fourth-order valence-corrected chi connectivity index (χ4v) is 7.16. The maximum Gasteiger partial charge on any atom is 0.243 e. The topological polar surface area (TPSA) is 86.8 Å². The summed E-state index contributed by atoms with van der Waals surface area (Å²) in [5, 5.41) is 3.08. The average Bonchev–Trinajstić information content (AvgIpc) is 3.62. The standard InChI is InChI=1S/C37H41N3O4S/c1-29-14-16-32(17-15-29)27-38-37(42)35(26-31-10-4-2-5-11-31)40(28-33-12-6-3-7-13-33)36(41)23-20-30-18-21-34(22-19-30)45(43,44)39-24-8-9-25-39/h2-7,10-19,21-22,35H,8-9,20,23-28H2,1H3,(H,38,42)/t35-/m1/s1. The number of rotatable bonds is 13. The van der Waals surface area contributed by atoms with E-state index >= 15 is 0 Å². The highest BCUT2D eigenvalue weighted by atomic mass is 32.2. The number of nitrogens with one attached hydrogen (secondary N) is 1. The Morgan fingerprint density at radius 1 is 0.756 bits per heavy atom. The zero-order valence-corrected chi connectivity index (χ0v) is 26.6. The van der Waals surface area contributed by atoms with Crippen LogP contribution in [0.4, 0.5) is 0 Å². The number of carbonyl (C=O) groups excluding carboxylic acids is 2. The van der Waals surface area contributed by atoms with Gasteiger partial charge in [0, 0.05) is 39.0 Å². The molecule has 0 bridgehead atoms. The molecule has 1 heterocycles. The smallest absolute Gasteiger partial charge is 0.243 e. The van der Waals surface area contributed by atoms with Crippen molar-refractivity contribution in [2.45, 2.75) is 63.1 Å². The maximum atomic E-state index is 14.0. The van der Waals surface area contributed by atoms with Crippen molar-refractivity contribution in [1.82, 2.24) is 14.5 Å². The van der Waals surface area contributed by atoms with Crippen LogP contribution in [-0.2, 0) is 45.5 Å². The second kappa shape index (κ2) is 15.1. The molecule has 0 aliphatic carbocycles. The van der Waals surface area contributed by atoms with Crippen LogP contribution in [0.1, 0.15) is 47.1 Å². The molecule has 0 saturated carbocycles. The summed E-state index contributed by atoms with van der Waals surface area (Å²) in [6.07, 6.45) is 2.75. The highest BCUT2D eigenvalue weighted by molar-refractivity contribution is 7.89. The number of aryl methyl sites for hydroxylation is 2. The van der Waals surface area contributed by atoms with Gasteiger partial charge in [-0.1, -0.05) is 103 Å². The molecule has 1 saturated heterocycles. The van der Waals surface area contributed by atoms with Gasteiger partial charge in [0.1, 0.15) is 6.04 Å². The summed E-state index contributed by atoms with van der Waals surface area (Å²) in [7, 11) is -3.50. The third-order valence-corrected chi connectivity index (χ3v) is 10.2. The Morgan fingerprint density at radius 3 is 1.96 bits per heavy atom. The van der Waals surface area contributed by atoms with Gasteiger partial charge in [0.15, 0.2) is 0 Å². The Balaban J connectivity index is 1.35. The van der Waals surface area contributed by atoms with Gasteiger partial charge in [-0.05, 0) is 60.6 Å². The quantitative estimate of drug-likeness (QED) is 0.208. The Kier molecular flexibility index (Phi) is 10.8. The summed E-state index contributed by atoms with van der Waals surface area (Å²) in [5.74, 6) is -0.348. The molecule has 0 radical (unpaired) electrons. The number of hydrogen-bond donors (Lipinski definition) is 1. The first-order chi connectivity index (χ1) is 21.8. The van der Waals surface area contributed by atoms with Crippen LogP contribution in [0.15, 0.2) is 114 Å². The molecule has 45 heavy (non-hydrogen) atoms. The molecule has 1 aliphatic rings. The van der Waals surface area contributed by atoms with Gasteiger partial charge in [0.2, 0.25) is 21.8 Å². The maximum absolute atomic E-state index is 14.0. The lowest BCUT2D eigenvalue weighted by atomic mass is 10.0. The van der Waals surface area contributed by atoms with Crippen LogP contribution in [0.3, 0.4) is 0 Å². The van der Waals surface area contributed by atoms with E-state index in [0.717, 1.165) is 40.7 Å². The van der Waals surface area contributed by atoms with Gasteiger partial charge >= 0.3 is 0 Å². The van der Waals surface area contributed by atoms with Crippen molar-refractivity contribution in [2.24, 2.45) is 0 Å². The molecule has 7 nitrogen and oxygen atoms in total. The van der Waals surface area contributed by atoms with Gasteiger partial charge in [-0.25, -0.2) is 8.42 Å². The second-order valence-corrected chi connectivity index (χ2v) is 13.6. The number of hydrogen-bond acceptors (Lipinski definition) is 4. The Bertz CT molecular complexity index is 1650. The van der Waals surface area contributed by atoms with Gasteiger partial charge in [0.25, 0.3) is 0 Å². The first-order valence-electron chi connectivity index (χ1n) is 15.6. The predicted octanol–water partition coefficient (Wildman–Crippen LogP) is 5.67. The fraction of sp³-hybridized carbons (Fsp3) is 0.297. The third-order valence-electron chi connectivity index (χ3n) is 8.31. The molecule has 0 spiro atoms. The Hall–Kier alpha value is -4.27. The predicted molar refractivity (Wildman–Crippen MR) is 177 cm³/mol. The summed E-state index contributed by atoms with van der Waals surface area (Å²) in [5.41, 5.74) is 4.91. The highest BCUT2D eigenvalue weighted by Crippen LogP contribution is 2.22. The molecule has 4 aromatic carbocycles. The highest BCUT2D eigenvalue weighted by Gasteiger charge is 2.30. The van der Waals surface area contributed by atoms with Gasteiger partial charge in [-0.3, -0.25) is 9.59 Å². The molecule has 5 rings (SSSR count). The minimum atomic E-state index is -3.50. The van der Waals surface area contributed by atoms with E-state index in [1.807, 2.05) is 91.9 Å². The minimum absolute atomic E-state index is 0.140. The van der Waals surface area contributed by atoms with Crippen molar-refractivity contribution in [3.63, 3.8) is 0 Å². The third kappa shape index (κ3) is 8.68. The number of benzene rings is 4. The fourth-order valence-electron chi connectivity index (χ4n) is 5.65. The summed E-state index contributed by atoms with van der Waals surface area (Å²) in [6.45, 7) is 3.79. The summed E-state index contributed by atoms with van der Waals surface area (Å²) >= 11 is 0. The summed E-state index contributed by atoms with van der Waals surface area (Å²) < 4.78 is 27.4. The van der Waals surface area contributed by atoms with Gasteiger partial charge in [-0.15, -0.1) is 0 Å². The Labute approximate surface area is 266 Å². The van der Waals surface area contributed by atoms with Gasteiger partial charge in [-0.2, -0.15) is 4.31 Å². The normalized spacial score (nSPS) is 14.2. The van der Waals surface area contributed by atoms with E-state index in [9.17, 15) is 18.0 Å².